The standard InChI is InChI=1S/C16H28N/c1-8-10-17(7,11-9-2)16(12-14(3)4)13-15(5)6/h8-9,16H,1-3,5,10-13H2,4,6-7H3/q+1. The number of hydrogen-bond acceptors (Lipinski definition) is 0. The fraction of sp³-hybridized carbons (Fsp3) is 0.500. The summed E-state index contributed by atoms with van der Waals surface area (Å²) in [6.07, 6.45) is 6.05. The molecule has 0 bridgehead atoms. The molecule has 96 valence electrons. The van der Waals surface area contributed by atoms with Gasteiger partial charge in [0, 0.05) is 12.8 Å². The van der Waals surface area contributed by atoms with E-state index in [1.54, 1.807) is 0 Å². The molecule has 0 aliphatic carbocycles. The molecule has 0 aliphatic rings. The molecule has 0 aromatic heterocycles. The lowest BCUT2D eigenvalue weighted by Crippen LogP contribution is -2.52. The third-order valence-electron chi connectivity index (χ3n) is 3.14. The Kier molecular flexibility index (Phi) is 6.82. The largest absolute Gasteiger partial charge is 0.317 e. The second-order valence-corrected chi connectivity index (χ2v) is 5.40. The third-order valence-corrected chi connectivity index (χ3v) is 3.14. The van der Waals surface area contributed by atoms with Crippen molar-refractivity contribution < 1.29 is 4.48 Å². The van der Waals surface area contributed by atoms with Crippen molar-refractivity contribution in [1.29, 1.82) is 0 Å². The van der Waals surface area contributed by atoms with E-state index in [9.17, 15) is 0 Å². The molecule has 0 fully saturated rings. The summed E-state index contributed by atoms with van der Waals surface area (Å²) >= 11 is 0. The average Bonchev–Trinajstić information content (AvgIpc) is 2.15. The zero-order chi connectivity index (χ0) is 13.5. The van der Waals surface area contributed by atoms with E-state index in [4.69, 9.17) is 0 Å². The Labute approximate surface area is 107 Å². The molecule has 0 unspecified atom stereocenters. The first-order valence-corrected chi connectivity index (χ1v) is 6.20. The number of quaternary nitrogens is 1. The Hall–Kier alpha value is -1.08. The number of likely N-dealkylation sites (N-methyl/N-ethyl adjacent to an activating group) is 1. The maximum atomic E-state index is 4.04. The van der Waals surface area contributed by atoms with Crippen LogP contribution < -0.4 is 0 Å². The van der Waals surface area contributed by atoms with E-state index >= 15 is 0 Å². The predicted octanol–water partition coefficient (Wildman–Crippen LogP) is 4.11. The van der Waals surface area contributed by atoms with Crippen LogP contribution in [0.15, 0.2) is 49.6 Å². The summed E-state index contributed by atoms with van der Waals surface area (Å²) in [5.74, 6) is 0. The van der Waals surface area contributed by atoms with Crippen LogP contribution >= 0.6 is 0 Å². The Bertz CT molecular complexity index is 273. The van der Waals surface area contributed by atoms with Gasteiger partial charge < -0.3 is 4.48 Å². The van der Waals surface area contributed by atoms with Gasteiger partial charge in [0.15, 0.2) is 0 Å². The van der Waals surface area contributed by atoms with Gasteiger partial charge >= 0.3 is 0 Å². The van der Waals surface area contributed by atoms with Crippen molar-refractivity contribution in [1.82, 2.24) is 0 Å². The van der Waals surface area contributed by atoms with Crippen LogP contribution in [0.1, 0.15) is 26.7 Å². The molecule has 0 saturated carbocycles. The van der Waals surface area contributed by atoms with E-state index in [0.717, 1.165) is 30.4 Å². The van der Waals surface area contributed by atoms with Crippen LogP contribution in [0, 0.1) is 0 Å². The summed E-state index contributed by atoms with van der Waals surface area (Å²) in [6.45, 7) is 21.9. The normalized spacial score (nSPS) is 11.3. The minimum Gasteiger partial charge on any atom is -0.317 e. The zero-order valence-electron chi connectivity index (χ0n) is 11.8. The molecule has 0 amide bonds. The second-order valence-electron chi connectivity index (χ2n) is 5.40. The average molecular weight is 234 g/mol. The number of nitrogens with zero attached hydrogens (tertiary/aromatic N) is 1. The van der Waals surface area contributed by atoms with E-state index in [0.29, 0.717) is 6.04 Å². The van der Waals surface area contributed by atoms with Gasteiger partial charge in [0.2, 0.25) is 0 Å². The fourth-order valence-electron chi connectivity index (χ4n) is 2.28. The maximum Gasteiger partial charge on any atom is 0.0973 e. The van der Waals surface area contributed by atoms with Crippen LogP contribution in [0.5, 0.6) is 0 Å². The Morgan fingerprint density at radius 3 is 1.59 bits per heavy atom. The van der Waals surface area contributed by atoms with Crippen molar-refractivity contribution in [3.63, 3.8) is 0 Å². The molecule has 1 heteroatoms. The lowest BCUT2D eigenvalue weighted by atomic mass is 9.98. The first kappa shape index (κ1) is 15.9. The van der Waals surface area contributed by atoms with Gasteiger partial charge in [-0.2, -0.15) is 0 Å². The van der Waals surface area contributed by atoms with Crippen molar-refractivity contribution in [3.8, 4) is 0 Å². The monoisotopic (exact) mass is 234 g/mol. The van der Waals surface area contributed by atoms with Gasteiger partial charge in [-0.15, -0.1) is 0 Å². The first-order chi connectivity index (χ1) is 7.85. The van der Waals surface area contributed by atoms with Gasteiger partial charge in [-0.05, 0) is 26.0 Å². The van der Waals surface area contributed by atoms with Gasteiger partial charge in [0.1, 0.15) is 0 Å². The van der Waals surface area contributed by atoms with Crippen LogP contribution in [0.4, 0.5) is 0 Å². The molecule has 0 aliphatic heterocycles. The molecule has 0 rings (SSSR count). The molecular weight excluding hydrogens is 206 g/mol. The first-order valence-electron chi connectivity index (χ1n) is 6.20. The molecule has 0 radical (unpaired) electrons. The van der Waals surface area contributed by atoms with Crippen molar-refractivity contribution in [3.05, 3.63) is 49.6 Å². The van der Waals surface area contributed by atoms with E-state index in [2.05, 4.69) is 47.2 Å². The molecule has 0 spiro atoms. The highest BCUT2D eigenvalue weighted by atomic mass is 15.3. The van der Waals surface area contributed by atoms with Crippen molar-refractivity contribution >= 4 is 0 Å². The molecule has 0 heterocycles. The maximum absolute atomic E-state index is 4.04. The van der Waals surface area contributed by atoms with Gasteiger partial charge in [-0.25, -0.2) is 0 Å². The van der Waals surface area contributed by atoms with Gasteiger partial charge in [0.25, 0.3) is 0 Å². The summed E-state index contributed by atoms with van der Waals surface area (Å²) in [6, 6.07) is 0.515. The van der Waals surface area contributed by atoms with Crippen molar-refractivity contribution in [2.75, 3.05) is 20.1 Å². The molecular formula is C16H28N+. The minimum atomic E-state index is 0.515. The van der Waals surface area contributed by atoms with Gasteiger partial charge in [0.05, 0.1) is 26.2 Å². The van der Waals surface area contributed by atoms with Crippen LogP contribution in [-0.4, -0.2) is 30.7 Å². The van der Waals surface area contributed by atoms with Crippen molar-refractivity contribution in [2.45, 2.75) is 32.7 Å². The molecule has 0 atom stereocenters. The van der Waals surface area contributed by atoms with Gasteiger partial charge in [-0.1, -0.05) is 37.5 Å². The summed E-state index contributed by atoms with van der Waals surface area (Å²) in [7, 11) is 2.26. The lowest BCUT2D eigenvalue weighted by molar-refractivity contribution is -0.922. The fourth-order valence-corrected chi connectivity index (χ4v) is 2.28. The van der Waals surface area contributed by atoms with Crippen LogP contribution in [0.25, 0.3) is 0 Å². The van der Waals surface area contributed by atoms with Crippen LogP contribution in [0.3, 0.4) is 0 Å². The van der Waals surface area contributed by atoms with E-state index in [1.807, 2.05) is 12.2 Å². The Balaban J connectivity index is 5.02. The summed E-state index contributed by atoms with van der Waals surface area (Å²) in [4.78, 5) is 0. The summed E-state index contributed by atoms with van der Waals surface area (Å²) in [5.41, 5.74) is 2.46. The minimum absolute atomic E-state index is 0.515. The highest BCUT2D eigenvalue weighted by molar-refractivity contribution is 4.98. The van der Waals surface area contributed by atoms with E-state index in [1.165, 1.54) is 11.1 Å². The highest BCUT2D eigenvalue weighted by Gasteiger charge is 2.30. The van der Waals surface area contributed by atoms with Gasteiger partial charge in [-0.3, -0.25) is 0 Å². The number of hydrogen-bond donors (Lipinski definition) is 0. The molecule has 0 aromatic rings. The smallest absolute Gasteiger partial charge is 0.0973 e. The SMILES string of the molecule is C=CC[N+](C)(CC=C)C(CC(=C)C)CC(=C)C. The quantitative estimate of drug-likeness (QED) is 0.416. The Morgan fingerprint density at radius 2 is 1.35 bits per heavy atom. The zero-order valence-corrected chi connectivity index (χ0v) is 11.8. The van der Waals surface area contributed by atoms with Crippen LogP contribution in [-0.2, 0) is 0 Å². The highest BCUT2D eigenvalue weighted by Crippen LogP contribution is 2.23. The molecule has 0 aromatic carbocycles. The Morgan fingerprint density at radius 1 is 1.00 bits per heavy atom. The third kappa shape index (κ3) is 5.69. The predicted molar refractivity (Wildman–Crippen MR) is 79.0 cm³/mol. The van der Waals surface area contributed by atoms with E-state index in [-0.39, 0.29) is 0 Å². The van der Waals surface area contributed by atoms with E-state index < -0.39 is 0 Å². The summed E-state index contributed by atoms with van der Waals surface area (Å²) in [5, 5.41) is 0. The van der Waals surface area contributed by atoms with Crippen molar-refractivity contribution in [2.24, 2.45) is 0 Å². The molecule has 0 saturated heterocycles. The van der Waals surface area contributed by atoms with Crippen LogP contribution in [0.2, 0.25) is 0 Å². The second kappa shape index (κ2) is 7.29. The number of rotatable bonds is 9. The summed E-state index contributed by atoms with van der Waals surface area (Å²) < 4.78 is 0.937. The molecule has 0 N–H and O–H groups in total. The molecule has 17 heavy (non-hydrogen) atoms. The molecule has 1 nitrogen and oxygen atoms in total. The topological polar surface area (TPSA) is 0 Å². The lowest BCUT2D eigenvalue weighted by Gasteiger charge is -2.41.